The minimum absolute atomic E-state index is 0.191. The van der Waals surface area contributed by atoms with Crippen LogP contribution in [0, 0.1) is 0 Å². The summed E-state index contributed by atoms with van der Waals surface area (Å²) in [6, 6.07) is 0. The lowest BCUT2D eigenvalue weighted by atomic mass is 10.2. The molecule has 1 saturated heterocycles. The molecule has 0 bridgehead atoms. The lowest BCUT2D eigenvalue weighted by Crippen LogP contribution is -2.38. The van der Waals surface area contributed by atoms with Crippen LogP contribution < -0.4 is 5.32 Å². The van der Waals surface area contributed by atoms with E-state index in [4.69, 9.17) is 9.47 Å². The summed E-state index contributed by atoms with van der Waals surface area (Å²) < 4.78 is 11.7. The molecular formula is C12H26N2O2. The van der Waals surface area contributed by atoms with Gasteiger partial charge in [0.1, 0.15) is 6.23 Å². The van der Waals surface area contributed by atoms with E-state index in [2.05, 4.69) is 38.0 Å². The van der Waals surface area contributed by atoms with E-state index in [-0.39, 0.29) is 18.4 Å². The molecule has 4 nitrogen and oxygen atoms in total. The molecule has 4 heteroatoms. The molecule has 0 aliphatic carbocycles. The van der Waals surface area contributed by atoms with Crippen molar-refractivity contribution < 1.29 is 9.47 Å². The van der Waals surface area contributed by atoms with Crippen molar-refractivity contribution in [1.82, 2.24) is 10.2 Å². The van der Waals surface area contributed by atoms with Crippen molar-refractivity contribution in [2.24, 2.45) is 0 Å². The summed E-state index contributed by atoms with van der Waals surface area (Å²) in [7, 11) is 2.09. The zero-order chi connectivity index (χ0) is 12.0. The summed E-state index contributed by atoms with van der Waals surface area (Å²) in [5.41, 5.74) is 0. The van der Waals surface area contributed by atoms with E-state index in [9.17, 15) is 0 Å². The molecule has 0 saturated carbocycles. The normalized spacial score (nSPS) is 30.2. The quantitative estimate of drug-likeness (QED) is 0.671. The Kier molecular flexibility index (Phi) is 6.28. The van der Waals surface area contributed by atoms with Gasteiger partial charge in [-0.3, -0.25) is 4.90 Å². The molecule has 1 aliphatic rings. The first-order chi connectivity index (χ1) is 7.69. The van der Waals surface area contributed by atoms with E-state index in [0.29, 0.717) is 0 Å². The van der Waals surface area contributed by atoms with Gasteiger partial charge in [0.25, 0.3) is 0 Å². The Morgan fingerprint density at radius 1 is 1.44 bits per heavy atom. The fourth-order valence-corrected chi connectivity index (χ4v) is 1.93. The van der Waals surface area contributed by atoms with Crippen molar-refractivity contribution in [3.8, 4) is 0 Å². The average Bonchev–Trinajstić information content (AvgIpc) is 2.65. The SMILES string of the molecule is CCCO[C@H]1CC(N(C)CNCC)O[C@H]1C. The van der Waals surface area contributed by atoms with E-state index in [0.717, 1.165) is 32.7 Å². The number of nitrogens with one attached hydrogen (secondary N) is 1. The molecule has 16 heavy (non-hydrogen) atoms. The molecule has 1 rings (SSSR count). The fraction of sp³-hybridized carbons (Fsp3) is 1.00. The molecular weight excluding hydrogens is 204 g/mol. The first-order valence-corrected chi connectivity index (χ1v) is 6.37. The van der Waals surface area contributed by atoms with Crippen molar-refractivity contribution in [3.05, 3.63) is 0 Å². The van der Waals surface area contributed by atoms with Gasteiger partial charge in [0.15, 0.2) is 0 Å². The molecule has 0 aromatic carbocycles. The second-order valence-corrected chi connectivity index (χ2v) is 4.46. The Morgan fingerprint density at radius 3 is 2.81 bits per heavy atom. The highest BCUT2D eigenvalue weighted by Gasteiger charge is 2.34. The van der Waals surface area contributed by atoms with Crippen LogP contribution >= 0.6 is 0 Å². The molecule has 1 N–H and O–H groups in total. The number of hydrogen-bond acceptors (Lipinski definition) is 4. The Balaban J connectivity index is 2.30. The molecule has 0 radical (unpaired) electrons. The van der Waals surface area contributed by atoms with Gasteiger partial charge in [-0.2, -0.15) is 0 Å². The van der Waals surface area contributed by atoms with E-state index in [1.807, 2.05) is 0 Å². The third-order valence-corrected chi connectivity index (χ3v) is 2.97. The maximum absolute atomic E-state index is 5.89. The highest BCUT2D eigenvalue weighted by Crippen LogP contribution is 2.24. The smallest absolute Gasteiger partial charge is 0.114 e. The summed E-state index contributed by atoms with van der Waals surface area (Å²) in [6.45, 7) is 9.04. The van der Waals surface area contributed by atoms with Crippen LogP contribution in [0.5, 0.6) is 0 Å². The van der Waals surface area contributed by atoms with Crippen molar-refractivity contribution in [3.63, 3.8) is 0 Å². The van der Waals surface area contributed by atoms with E-state index >= 15 is 0 Å². The maximum Gasteiger partial charge on any atom is 0.114 e. The summed E-state index contributed by atoms with van der Waals surface area (Å²) in [6.07, 6.45) is 2.70. The highest BCUT2D eigenvalue weighted by molar-refractivity contribution is 4.79. The largest absolute Gasteiger partial charge is 0.375 e. The topological polar surface area (TPSA) is 33.7 Å². The number of nitrogens with zero attached hydrogens (tertiary/aromatic N) is 1. The summed E-state index contributed by atoms with van der Waals surface area (Å²) in [5.74, 6) is 0. The average molecular weight is 230 g/mol. The molecule has 0 aromatic rings. The van der Waals surface area contributed by atoms with Crippen molar-refractivity contribution >= 4 is 0 Å². The van der Waals surface area contributed by atoms with Crippen LogP contribution in [-0.4, -0.2) is 50.2 Å². The fourth-order valence-electron chi connectivity index (χ4n) is 1.93. The third kappa shape index (κ3) is 4.01. The van der Waals surface area contributed by atoms with Crippen LogP contribution in [-0.2, 0) is 9.47 Å². The second-order valence-electron chi connectivity index (χ2n) is 4.46. The van der Waals surface area contributed by atoms with Gasteiger partial charge in [-0.25, -0.2) is 0 Å². The van der Waals surface area contributed by atoms with Gasteiger partial charge < -0.3 is 14.8 Å². The summed E-state index contributed by atoms with van der Waals surface area (Å²) >= 11 is 0. The molecule has 1 heterocycles. The second kappa shape index (κ2) is 7.22. The molecule has 0 amide bonds. The van der Waals surface area contributed by atoms with Gasteiger partial charge in [-0.15, -0.1) is 0 Å². The minimum Gasteiger partial charge on any atom is -0.375 e. The molecule has 3 atom stereocenters. The number of ether oxygens (including phenoxy) is 2. The van der Waals surface area contributed by atoms with Gasteiger partial charge >= 0.3 is 0 Å². The molecule has 0 aromatic heterocycles. The molecule has 1 unspecified atom stereocenters. The van der Waals surface area contributed by atoms with Crippen LogP contribution in [0.1, 0.15) is 33.6 Å². The molecule has 1 fully saturated rings. The van der Waals surface area contributed by atoms with Crippen molar-refractivity contribution in [1.29, 1.82) is 0 Å². The predicted molar refractivity (Wildman–Crippen MR) is 65.3 cm³/mol. The number of rotatable bonds is 7. The van der Waals surface area contributed by atoms with E-state index in [1.165, 1.54) is 0 Å². The Bertz CT molecular complexity index is 190. The van der Waals surface area contributed by atoms with Crippen LogP contribution in [0.25, 0.3) is 0 Å². The zero-order valence-corrected chi connectivity index (χ0v) is 11.0. The van der Waals surface area contributed by atoms with Crippen LogP contribution in [0.3, 0.4) is 0 Å². The standard InChI is InChI=1S/C12H26N2O2/c1-5-7-15-11-8-12(16-10(11)3)14(4)9-13-6-2/h10-13H,5-9H2,1-4H3/t10-,11-,12?/m0/s1. The monoisotopic (exact) mass is 230 g/mol. The van der Waals surface area contributed by atoms with Crippen LogP contribution in [0.15, 0.2) is 0 Å². The Labute approximate surface area is 99.3 Å². The third-order valence-electron chi connectivity index (χ3n) is 2.97. The maximum atomic E-state index is 5.89. The van der Waals surface area contributed by atoms with Crippen molar-refractivity contribution in [2.45, 2.75) is 52.0 Å². The summed E-state index contributed by atoms with van der Waals surface area (Å²) in [4.78, 5) is 2.20. The van der Waals surface area contributed by atoms with Crippen LogP contribution in [0.2, 0.25) is 0 Å². The Hall–Kier alpha value is -0.160. The number of hydrogen-bond donors (Lipinski definition) is 1. The lowest BCUT2D eigenvalue weighted by molar-refractivity contribution is -0.0550. The highest BCUT2D eigenvalue weighted by atomic mass is 16.6. The van der Waals surface area contributed by atoms with Gasteiger partial charge in [0.05, 0.1) is 18.9 Å². The molecule has 0 spiro atoms. The zero-order valence-electron chi connectivity index (χ0n) is 11.0. The van der Waals surface area contributed by atoms with Crippen molar-refractivity contribution in [2.75, 3.05) is 26.9 Å². The molecule has 1 aliphatic heterocycles. The lowest BCUT2D eigenvalue weighted by Gasteiger charge is -2.23. The van der Waals surface area contributed by atoms with Gasteiger partial charge in [0.2, 0.25) is 0 Å². The van der Waals surface area contributed by atoms with Gasteiger partial charge in [-0.1, -0.05) is 13.8 Å². The Morgan fingerprint density at radius 2 is 2.19 bits per heavy atom. The van der Waals surface area contributed by atoms with Gasteiger partial charge in [0, 0.05) is 13.0 Å². The predicted octanol–water partition coefficient (Wildman–Crippen LogP) is 1.42. The first kappa shape index (κ1) is 13.9. The van der Waals surface area contributed by atoms with Crippen LogP contribution in [0.4, 0.5) is 0 Å². The van der Waals surface area contributed by atoms with Gasteiger partial charge in [-0.05, 0) is 26.9 Å². The first-order valence-electron chi connectivity index (χ1n) is 6.37. The van der Waals surface area contributed by atoms with E-state index < -0.39 is 0 Å². The van der Waals surface area contributed by atoms with E-state index in [1.54, 1.807) is 0 Å². The summed E-state index contributed by atoms with van der Waals surface area (Å²) in [5, 5.41) is 3.30. The minimum atomic E-state index is 0.191. The molecule has 96 valence electrons.